The predicted molar refractivity (Wildman–Crippen MR) is 91.6 cm³/mol. The third-order valence-corrected chi connectivity index (χ3v) is 4.27. The van der Waals surface area contributed by atoms with E-state index >= 15 is 0 Å². The molecule has 1 aliphatic carbocycles. The van der Waals surface area contributed by atoms with Crippen LogP contribution in [-0.2, 0) is 14.3 Å². The second kappa shape index (κ2) is 10.1. The van der Waals surface area contributed by atoms with Crippen LogP contribution >= 0.6 is 12.4 Å². The Balaban J connectivity index is 0.00000264. The molecule has 1 aliphatic heterocycles. The van der Waals surface area contributed by atoms with E-state index in [1.54, 1.807) is 0 Å². The lowest BCUT2D eigenvalue weighted by molar-refractivity contribution is -0.128. The average molecular weight is 348 g/mol. The highest BCUT2D eigenvalue weighted by Crippen LogP contribution is 2.24. The highest BCUT2D eigenvalue weighted by Gasteiger charge is 2.28. The minimum Gasteiger partial charge on any atom is -0.378 e. The van der Waals surface area contributed by atoms with Crippen molar-refractivity contribution in [3.05, 3.63) is 0 Å². The van der Waals surface area contributed by atoms with Crippen molar-refractivity contribution in [1.82, 2.24) is 16.0 Å². The second-order valence-corrected chi connectivity index (χ2v) is 6.72. The van der Waals surface area contributed by atoms with Gasteiger partial charge in [-0.15, -0.1) is 12.4 Å². The highest BCUT2D eigenvalue weighted by atomic mass is 35.5. The number of rotatable bonds is 5. The topological polar surface area (TPSA) is 79.5 Å². The Labute approximate surface area is 144 Å². The van der Waals surface area contributed by atoms with Crippen molar-refractivity contribution in [1.29, 1.82) is 0 Å². The normalized spacial score (nSPS) is 27.9. The molecule has 2 rings (SSSR count). The molecule has 0 aromatic heterocycles. The number of hydrogen-bond acceptors (Lipinski definition) is 4. The SMILES string of the molecule is CC(C)NC(=O)C1CCCC(NC(=O)CC2COCCN2)C1.Cl. The Morgan fingerprint density at radius 1 is 1.30 bits per heavy atom. The van der Waals surface area contributed by atoms with E-state index < -0.39 is 0 Å². The van der Waals surface area contributed by atoms with Crippen LogP contribution < -0.4 is 16.0 Å². The van der Waals surface area contributed by atoms with Crippen molar-refractivity contribution in [3.63, 3.8) is 0 Å². The quantitative estimate of drug-likeness (QED) is 0.693. The summed E-state index contributed by atoms with van der Waals surface area (Å²) in [6.45, 7) is 6.06. The van der Waals surface area contributed by atoms with Gasteiger partial charge in [0.1, 0.15) is 0 Å². The summed E-state index contributed by atoms with van der Waals surface area (Å²) in [6.07, 6.45) is 4.07. The molecule has 2 amide bonds. The molecule has 7 heteroatoms. The average Bonchev–Trinajstić information content (AvgIpc) is 2.47. The standard InChI is InChI=1S/C16H29N3O3.ClH/c1-11(2)18-16(21)12-4-3-5-13(8-12)19-15(20)9-14-10-22-7-6-17-14;/h11-14,17H,3-10H2,1-2H3,(H,18,21)(H,19,20);1H. The van der Waals surface area contributed by atoms with E-state index in [0.29, 0.717) is 19.6 Å². The fraction of sp³-hybridized carbons (Fsp3) is 0.875. The molecule has 134 valence electrons. The number of carbonyl (C=O) groups is 2. The first-order valence-corrected chi connectivity index (χ1v) is 8.45. The Hall–Kier alpha value is -0.850. The Morgan fingerprint density at radius 2 is 2.09 bits per heavy atom. The molecule has 23 heavy (non-hydrogen) atoms. The predicted octanol–water partition coefficient (Wildman–Crippen LogP) is 0.986. The summed E-state index contributed by atoms with van der Waals surface area (Å²) in [5.74, 6) is 0.201. The molecule has 6 nitrogen and oxygen atoms in total. The molecule has 2 fully saturated rings. The van der Waals surface area contributed by atoms with Crippen LogP contribution in [0.25, 0.3) is 0 Å². The molecule has 3 N–H and O–H groups in total. The number of halogens is 1. The Kier molecular flexibility index (Phi) is 8.87. The van der Waals surface area contributed by atoms with Gasteiger partial charge in [-0.2, -0.15) is 0 Å². The first-order valence-electron chi connectivity index (χ1n) is 8.45. The smallest absolute Gasteiger partial charge is 0.223 e. The van der Waals surface area contributed by atoms with Crippen molar-refractivity contribution < 1.29 is 14.3 Å². The molecular weight excluding hydrogens is 318 g/mol. The van der Waals surface area contributed by atoms with E-state index in [4.69, 9.17) is 4.74 Å². The third-order valence-electron chi connectivity index (χ3n) is 4.27. The van der Waals surface area contributed by atoms with Crippen LogP contribution in [-0.4, -0.2) is 49.7 Å². The maximum absolute atomic E-state index is 12.1. The molecule has 3 atom stereocenters. The van der Waals surface area contributed by atoms with Crippen molar-refractivity contribution in [3.8, 4) is 0 Å². The Bertz CT molecular complexity index is 387. The number of ether oxygens (including phenoxy) is 1. The van der Waals surface area contributed by atoms with Crippen LogP contribution in [0.3, 0.4) is 0 Å². The lowest BCUT2D eigenvalue weighted by Gasteiger charge is -2.30. The van der Waals surface area contributed by atoms with Crippen molar-refractivity contribution in [2.75, 3.05) is 19.8 Å². The van der Waals surface area contributed by atoms with E-state index in [0.717, 1.165) is 32.2 Å². The molecular formula is C16H30ClN3O3. The van der Waals surface area contributed by atoms with Gasteiger partial charge in [0, 0.05) is 37.0 Å². The molecule has 1 saturated carbocycles. The molecule has 2 aliphatic rings. The van der Waals surface area contributed by atoms with Crippen molar-refractivity contribution in [2.24, 2.45) is 5.92 Å². The summed E-state index contributed by atoms with van der Waals surface area (Å²) in [5.41, 5.74) is 0. The van der Waals surface area contributed by atoms with Gasteiger partial charge in [-0.05, 0) is 33.1 Å². The van der Waals surface area contributed by atoms with Gasteiger partial charge in [-0.3, -0.25) is 9.59 Å². The third kappa shape index (κ3) is 7.06. The Morgan fingerprint density at radius 3 is 2.74 bits per heavy atom. The summed E-state index contributed by atoms with van der Waals surface area (Å²) in [4.78, 5) is 24.2. The van der Waals surface area contributed by atoms with Gasteiger partial charge in [0.2, 0.25) is 11.8 Å². The number of morpholine rings is 1. The van der Waals surface area contributed by atoms with Crippen molar-refractivity contribution in [2.45, 2.75) is 64.1 Å². The zero-order valence-corrected chi connectivity index (χ0v) is 14.9. The van der Waals surface area contributed by atoms with E-state index in [2.05, 4.69) is 16.0 Å². The first kappa shape index (κ1) is 20.2. The van der Waals surface area contributed by atoms with Crippen LogP contribution in [0, 0.1) is 5.92 Å². The fourth-order valence-corrected chi connectivity index (χ4v) is 3.22. The van der Waals surface area contributed by atoms with Gasteiger partial charge >= 0.3 is 0 Å². The van der Waals surface area contributed by atoms with Gasteiger partial charge in [-0.1, -0.05) is 6.42 Å². The number of carbonyl (C=O) groups excluding carboxylic acids is 2. The molecule has 0 aromatic rings. The summed E-state index contributed by atoms with van der Waals surface area (Å²) >= 11 is 0. The summed E-state index contributed by atoms with van der Waals surface area (Å²) in [6, 6.07) is 0.394. The molecule has 1 heterocycles. The van der Waals surface area contributed by atoms with Gasteiger partial charge in [0.05, 0.1) is 13.2 Å². The zero-order chi connectivity index (χ0) is 15.9. The van der Waals surface area contributed by atoms with E-state index in [-0.39, 0.29) is 48.3 Å². The molecule has 0 aromatic carbocycles. The second-order valence-electron chi connectivity index (χ2n) is 6.72. The zero-order valence-electron chi connectivity index (χ0n) is 14.1. The summed E-state index contributed by atoms with van der Waals surface area (Å²) in [7, 11) is 0. The van der Waals surface area contributed by atoms with Crippen LogP contribution in [0.5, 0.6) is 0 Å². The number of hydrogen-bond donors (Lipinski definition) is 3. The van der Waals surface area contributed by atoms with Gasteiger partial charge in [-0.25, -0.2) is 0 Å². The molecule has 0 bridgehead atoms. The minimum absolute atomic E-state index is 0. The monoisotopic (exact) mass is 347 g/mol. The van der Waals surface area contributed by atoms with Crippen LogP contribution in [0.1, 0.15) is 46.0 Å². The van der Waals surface area contributed by atoms with E-state index in [9.17, 15) is 9.59 Å². The molecule has 0 radical (unpaired) electrons. The van der Waals surface area contributed by atoms with Crippen LogP contribution in [0.4, 0.5) is 0 Å². The van der Waals surface area contributed by atoms with Crippen LogP contribution in [0.2, 0.25) is 0 Å². The van der Waals surface area contributed by atoms with E-state index in [1.807, 2.05) is 13.8 Å². The first-order chi connectivity index (χ1) is 10.5. The molecule has 1 saturated heterocycles. The number of amides is 2. The minimum atomic E-state index is 0. The summed E-state index contributed by atoms with van der Waals surface area (Å²) in [5, 5.41) is 9.35. The lowest BCUT2D eigenvalue weighted by Crippen LogP contribution is -2.47. The van der Waals surface area contributed by atoms with Crippen molar-refractivity contribution >= 4 is 24.2 Å². The van der Waals surface area contributed by atoms with Gasteiger partial charge in [0.25, 0.3) is 0 Å². The van der Waals surface area contributed by atoms with Gasteiger partial charge < -0.3 is 20.7 Å². The van der Waals surface area contributed by atoms with Crippen LogP contribution in [0.15, 0.2) is 0 Å². The largest absolute Gasteiger partial charge is 0.378 e. The van der Waals surface area contributed by atoms with Gasteiger partial charge in [0.15, 0.2) is 0 Å². The molecule has 0 spiro atoms. The lowest BCUT2D eigenvalue weighted by atomic mass is 9.85. The maximum Gasteiger partial charge on any atom is 0.223 e. The maximum atomic E-state index is 12.1. The highest BCUT2D eigenvalue weighted by molar-refractivity contribution is 5.85. The number of nitrogens with one attached hydrogen (secondary N) is 3. The van der Waals surface area contributed by atoms with E-state index in [1.165, 1.54) is 0 Å². The molecule has 3 unspecified atom stereocenters. The summed E-state index contributed by atoms with van der Waals surface area (Å²) < 4.78 is 5.36. The fourth-order valence-electron chi connectivity index (χ4n) is 3.22.